The van der Waals surface area contributed by atoms with Crippen LogP contribution in [0.2, 0.25) is 0 Å². The fraction of sp³-hybridized carbons (Fsp3) is 0.897. The predicted molar refractivity (Wildman–Crippen MR) is 136 cm³/mol. The van der Waals surface area contributed by atoms with E-state index in [2.05, 4.69) is 24.1 Å². The van der Waals surface area contributed by atoms with Gasteiger partial charge in [0.05, 0.1) is 18.7 Å². The van der Waals surface area contributed by atoms with Crippen LogP contribution in [0.3, 0.4) is 0 Å². The fourth-order valence-corrected chi connectivity index (χ4v) is 9.53. The first kappa shape index (κ1) is 27.0. The number of nitrogens with one attached hydrogen (secondary N) is 1. The number of ether oxygens (including phenoxy) is 2. The van der Waals surface area contributed by atoms with Gasteiger partial charge in [-0.1, -0.05) is 27.7 Å². The van der Waals surface area contributed by atoms with Gasteiger partial charge in [0.2, 0.25) is 5.91 Å². The lowest BCUT2D eigenvalue weighted by Gasteiger charge is -2.61. The van der Waals surface area contributed by atoms with Crippen molar-refractivity contribution in [1.82, 2.24) is 10.2 Å². The van der Waals surface area contributed by atoms with E-state index in [4.69, 9.17) is 9.47 Å². The molecule has 5 fully saturated rings. The molecule has 7 nitrogen and oxygen atoms in total. The van der Waals surface area contributed by atoms with Gasteiger partial charge in [0, 0.05) is 42.9 Å². The summed E-state index contributed by atoms with van der Waals surface area (Å²) < 4.78 is 26.1. The molecular formula is C29H45FN2O5. The molecule has 2 heterocycles. The zero-order chi connectivity index (χ0) is 26.8. The first-order chi connectivity index (χ1) is 17.5. The number of carbonyl (C=O) groups excluding carboxylic acids is 3. The van der Waals surface area contributed by atoms with Crippen LogP contribution < -0.4 is 5.32 Å². The largest absolute Gasteiger partial charge is 0.445 e. The van der Waals surface area contributed by atoms with E-state index in [1.165, 1.54) is 0 Å². The molecular weight excluding hydrogens is 475 g/mol. The molecule has 2 amide bonds. The van der Waals surface area contributed by atoms with E-state index in [0.29, 0.717) is 12.5 Å². The predicted octanol–water partition coefficient (Wildman–Crippen LogP) is 4.38. The number of ketones is 1. The maximum atomic E-state index is 14.1. The van der Waals surface area contributed by atoms with Crippen molar-refractivity contribution in [1.29, 1.82) is 0 Å². The number of fused-ring (bicyclic) bond motifs is 2. The van der Waals surface area contributed by atoms with Crippen molar-refractivity contribution in [3.8, 4) is 0 Å². The lowest BCUT2D eigenvalue weighted by molar-refractivity contribution is -0.192. The van der Waals surface area contributed by atoms with E-state index < -0.39 is 29.7 Å². The molecule has 3 unspecified atom stereocenters. The Hall–Kier alpha value is -1.54. The Balaban J connectivity index is 1.48. The fourth-order valence-electron chi connectivity index (χ4n) is 9.53. The van der Waals surface area contributed by atoms with Crippen molar-refractivity contribution in [2.24, 2.45) is 45.8 Å². The zero-order valence-electron chi connectivity index (χ0n) is 23.2. The maximum Gasteiger partial charge on any atom is 0.414 e. The zero-order valence-corrected chi connectivity index (χ0v) is 23.2. The Kier molecular flexibility index (Phi) is 7.00. The van der Waals surface area contributed by atoms with Crippen molar-refractivity contribution in [3.05, 3.63) is 0 Å². The van der Waals surface area contributed by atoms with Crippen LogP contribution in [0.15, 0.2) is 0 Å². The Morgan fingerprint density at radius 2 is 1.86 bits per heavy atom. The molecule has 11 atom stereocenters. The van der Waals surface area contributed by atoms with E-state index in [-0.39, 0.29) is 59.7 Å². The summed E-state index contributed by atoms with van der Waals surface area (Å²) in [5.41, 5.74) is -1.68. The summed E-state index contributed by atoms with van der Waals surface area (Å²) in [6.45, 7) is 10.3. The number of halogens is 1. The van der Waals surface area contributed by atoms with E-state index in [0.717, 1.165) is 45.2 Å². The molecule has 2 aliphatic heterocycles. The van der Waals surface area contributed by atoms with Crippen LogP contribution in [0.25, 0.3) is 0 Å². The van der Waals surface area contributed by atoms with Gasteiger partial charge in [0.15, 0.2) is 0 Å². The number of amides is 2. The van der Waals surface area contributed by atoms with Crippen molar-refractivity contribution in [2.45, 2.75) is 84.8 Å². The van der Waals surface area contributed by atoms with Gasteiger partial charge in [-0.05, 0) is 68.7 Å². The van der Waals surface area contributed by atoms with Crippen molar-refractivity contribution >= 4 is 17.8 Å². The Labute approximate surface area is 220 Å². The number of carbonyl (C=O) groups is 3. The van der Waals surface area contributed by atoms with Gasteiger partial charge in [-0.2, -0.15) is 0 Å². The van der Waals surface area contributed by atoms with E-state index in [1.54, 1.807) is 7.11 Å². The highest BCUT2D eigenvalue weighted by molar-refractivity contribution is 5.93. The molecule has 0 spiro atoms. The van der Waals surface area contributed by atoms with Crippen LogP contribution in [0, 0.1) is 45.8 Å². The first-order valence-corrected chi connectivity index (χ1v) is 14.4. The number of imide groups is 1. The first-order valence-electron chi connectivity index (χ1n) is 14.4. The summed E-state index contributed by atoms with van der Waals surface area (Å²) in [6, 6.07) is 0. The molecule has 208 valence electrons. The Morgan fingerprint density at radius 3 is 2.49 bits per heavy atom. The summed E-state index contributed by atoms with van der Waals surface area (Å²) in [7, 11) is 1.73. The van der Waals surface area contributed by atoms with Crippen LogP contribution in [0.1, 0.15) is 72.6 Å². The number of nitrogens with zero attached hydrogens (tertiary/aromatic N) is 1. The summed E-state index contributed by atoms with van der Waals surface area (Å²) in [6.07, 6.45) is 3.53. The third-order valence-electron chi connectivity index (χ3n) is 11.9. The molecule has 5 aliphatic rings. The lowest BCUT2D eigenvalue weighted by atomic mass is 9.44. The quantitative estimate of drug-likeness (QED) is 0.579. The summed E-state index contributed by atoms with van der Waals surface area (Å²) in [5.74, 6) is -0.0698. The lowest BCUT2D eigenvalue weighted by Crippen LogP contribution is -2.63. The van der Waals surface area contributed by atoms with Crippen LogP contribution >= 0.6 is 0 Å². The van der Waals surface area contributed by atoms with E-state index >= 15 is 0 Å². The molecule has 8 heteroatoms. The van der Waals surface area contributed by atoms with Crippen LogP contribution in [-0.4, -0.2) is 68.3 Å². The number of hydrogen-bond acceptors (Lipinski definition) is 6. The average molecular weight is 521 g/mol. The molecule has 0 aromatic carbocycles. The number of methoxy groups -OCH3 is 1. The van der Waals surface area contributed by atoms with Gasteiger partial charge >= 0.3 is 6.09 Å². The topological polar surface area (TPSA) is 84.9 Å². The number of alkyl halides is 1. The molecule has 0 radical (unpaired) electrons. The summed E-state index contributed by atoms with van der Waals surface area (Å²) >= 11 is 0. The second kappa shape index (κ2) is 9.58. The van der Waals surface area contributed by atoms with Crippen molar-refractivity contribution in [3.63, 3.8) is 0 Å². The average Bonchev–Trinajstić information content (AvgIpc) is 3.59. The second-order valence-electron chi connectivity index (χ2n) is 13.4. The number of rotatable bonds is 5. The van der Waals surface area contributed by atoms with Crippen LogP contribution in [-0.2, 0) is 19.1 Å². The van der Waals surface area contributed by atoms with Crippen molar-refractivity contribution < 1.29 is 28.2 Å². The van der Waals surface area contributed by atoms with E-state index in [9.17, 15) is 18.8 Å². The molecule has 0 aromatic heterocycles. The SMILES string of the molecule is CO[C@@H]1CCC23CC[C@@H](C)[C@](C)(C12)[C@H](OC(=O)NC(=O)[C@H]1CN2CC[C@@H]1C2)C[C@@](C)(CCF)C(=O)[C@@H]3C. The molecule has 4 bridgehead atoms. The van der Waals surface area contributed by atoms with E-state index in [1.807, 2.05) is 13.8 Å². The molecule has 2 saturated heterocycles. The monoisotopic (exact) mass is 520 g/mol. The highest BCUT2D eigenvalue weighted by Crippen LogP contribution is 2.68. The normalized spacial score (nSPS) is 48.8. The molecule has 5 rings (SSSR count). The van der Waals surface area contributed by atoms with Gasteiger partial charge in [0.25, 0.3) is 0 Å². The molecule has 0 aromatic rings. The van der Waals surface area contributed by atoms with Crippen molar-refractivity contribution in [2.75, 3.05) is 33.4 Å². The highest BCUT2D eigenvalue weighted by Gasteiger charge is 2.68. The molecule has 1 N–H and O–H groups in total. The summed E-state index contributed by atoms with van der Waals surface area (Å²) in [4.78, 5) is 42.6. The standard InChI is InChI=1S/C29H45FN2O5/c1-17-6-9-29-10-7-21(36-5)23(29)28(17,4)22(14-27(3,11-12-30)24(33)18(29)2)37-26(35)31-25(34)20-16-32-13-8-19(20)15-32/h17-23H,6-16H2,1-5H3,(H,31,34,35)/t17-,18+,19-,20+,21-,22-,23?,27-,28+,29?/m1/s1. The molecule has 3 saturated carbocycles. The molecule has 3 aliphatic carbocycles. The number of alkyl carbamates (subject to hydrolysis) is 1. The number of piperidine rings is 1. The van der Waals surface area contributed by atoms with Gasteiger partial charge in [-0.25, -0.2) is 4.79 Å². The van der Waals surface area contributed by atoms with Crippen LogP contribution in [0.5, 0.6) is 0 Å². The molecule has 37 heavy (non-hydrogen) atoms. The van der Waals surface area contributed by atoms with Gasteiger partial charge in [-0.15, -0.1) is 0 Å². The maximum absolute atomic E-state index is 14.1. The van der Waals surface area contributed by atoms with Gasteiger partial charge < -0.3 is 14.4 Å². The third-order valence-corrected chi connectivity index (χ3v) is 11.9. The number of Topliss-reactive ketones (excluding diaryl/α,β-unsaturated/α-hetero) is 1. The minimum atomic E-state index is -0.942. The minimum Gasteiger partial charge on any atom is -0.445 e. The highest BCUT2D eigenvalue weighted by atomic mass is 19.1. The van der Waals surface area contributed by atoms with Gasteiger partial charge in [0.1, 0.15) is 11.9 Å². The van der Waals surface area contributed by atoms with Gasteiger partial charge in [-0.3, -0.25) is 19.3 Å². The minimum absolute atomic E-state index is 0.0348. The summed E-state index contributed by atoms with van der Waals surface area (Å²) in [5, 5.41) is 2.54. The smallest absolute Gasteiger partial charge is 0.414 e. The Bertz CT molecular complexity index is 945. The Morgan fingerprint density at radius 1 is 1.14 bits per heavy atom. The second-order valence-corrected chi connectivity index (χ2v) is 13.4. The third kappa shape index (κ3) is 4.07. The van der Waals surface area contributed by atoms with Crippen LogP contribution in [0.4, 0.5) is 9.18 Å². The number of hydrogen-bond donors (Lipinski definition) is 1.